The minimum atomic E-state index is 0.775. The maximum absolute atomic E-state index is 5.93. The summed E-state index contributed by atoms with van der Waals surface area (Å²) in [6, 6.07) is 8.00. The maximum atomic E-state index is 5.93. The van der Waals surface area contributed by atoms with Crippen molar-refractivity contribution in [2.75, 3.05) is 44.7 Å². The molecule has 1 N–H and O–H groups in total. The number of aryl methyl sites for hydroxylation is 1. The van der Waals surface area contributed by atoms with Crippen molar-refractivity contribution < 1.29 is 0 Å². The van der Waals surface area contributed by atoms with Crippen LogP contribution in [0.2, 0.25) is 5.02 Å². The zero-order valence-electron chi connectivity index (χ0n) is 15.3. The van der Waals surface area contributed by atoms with Gasteiger partial charge in [-0.1, -0.05) is 30.7 Å². The van der Waals surface area contributed by atoms with Crippen molar-refractivity contribution in [3.8, 4) is 0 Å². The summed E-state index contributed by atoms with van der Waals surface area (Å²) in [5, 5.41) is 5.28. The van der Waals surface area contributed by atoms with E-state index in [0.717, 1.165) is 67.5 Å². The van der Waals surface area contributed by atoms with Crippen LogP contribution in [0.1, 0.15) is 18.3 Å². The Labute approximate surface area is 164 Å². The second-order valence-electron chi connectivity index (χ2n) is 6.17. The van der Waals surface area contributed by atoms with E-state index in [1.807, 2.05) is 19.2 Å². The second-order valence-corrected chi connectivity index (χ2v) is 7.34. The van der Waals surface area contributed by atoms with Gasteiger partial charge in [-0.2, -0.15) is 4.37 Å². The van der Waals surface area contributed by atoms with Gasteiger partial charge in [-0.3, -0.25) is 4.99 Å². The Hall–Kier alpha value is -1.86. The van der Waals surface area contributed by atoms with Crippen molar-refractivity contribution in [1.82, 2.24) is 19.6 Å². The smallest absolute Gasteiger partial charge is 0.205 e. The van der Waals surface area contributed by atoms with E-state index in [1.165, 1.54) is 17.1 Å². The highest BCUT2D eigenvalue weighted by Gasteiger charge is 2.21. The van der Waals surface area contributed by atoms with E-state index in [1.54, 1.807) is 0 Å². The highest BCUT2D eigenvalue weighted by Crippen LogP contribution is 2.19. The van der Waals surface area contributed by atoms with Crippen LogP contribution in [0.3, 0.4) is 0 Å². The SMILES string of the molecule is CCc1nsc(N2CCN(C(=NC)NCCc3ccc(Cl)cc3)CC2)n1. The predicted octanol–water partition coefficient (Wildman–Crippen LogP) is 2.69. The molecule has 3 rings (SSSR count). The van der Waals surface area contributed by atoms with Crippen molar-refractivity contribution in [3.63, 3.8) is 0 Å². The van der Waals surface area contributed by atoms with Crippen LogP contribution in [0.4, 0.5) is 5.13 Å². The first kappa shape index (κ1) is 18.9. The van der Waals surface area contributed by atoms with Crippen molar-refractivity contribution in [3.05, 3.63) is 40.7 Å². The zero-order valence-corrected chi connectivity index (χ0v) is 16.9. The van der Waals surface area contributed by atoms with Gasteiger partial charge in [0.2, 0.25) is 5.13 Å². The molecule has 1 aromatic heterocycles. The van der Waals surface area contributed by atoms with E-state index in [-0.39, 0.29) is 0 Å². The van der Waals surface area contributed by atoms with E-state index in [4.69, 9.17) is 11.6 Å². The summed E-state index contributed by atoms with van der Waals surface area (Å²) in [5.41, 5.74) is 1.27. The molecule has 0 amide bonds. The van der Waals surface area contributed by atoms with Crippen LogP contribution >= 0.6 is 23.1 Å². The third-order valence-electron chi connectivity index (χ3n) is 4.45. The average molecular weight is 393 g/mol. The number of hydrogen-bond acceptors (Lipinski definition) is 5. The van der Waals surface area contributed by atoms with Crippen LogP contribution in [0.15, 0.2) is 29.3 Å². The fourth-order valence-electron chi connectivity index (χ4n) is 2.93. The highest BCUT2D eigenvalue weighted by molar-refractivity contribution is 7.09. The number of nitrogens with one attached hydrogen (secondary N) is 1. The molecule has 2 aromatic rings. The lowest BCUT2D eigenvalue weighted by atomic mass is 10.1. The molecule has 0 radical (unpaired) electrons. The van der Waals surface area contributed by atoms with Gasteiger partial charge in [0, 0.05) is 62.7 Å². The van der Waals surface area contributed by atoms with Gasteiger partial charge in [0.1, 0.15) is 5.82 Å². The summed E-state index contributed by atoms with van der Waals surface area (Å²) in [4.78, 5) is 13.6. The first-order chi connectivity index (χ1) is 12.7. The van der Waals surface area contributed by atoms with Gasteiger partial charge in [0.05, 0.1) is 0 Å². The van der Waals surface area contributed by atoms with Crippen molar-refractivity contribution in [2.45, 2.75) is 19.8 Å². The van der Waals surface area contributed by atoms with E-state index < -0.39 is 0 Å². The number of nitrogens with zero attached hydrogens (tertiary/aromatic N) is 5. The topological polar surface area (TPSA) is 56.7 Å². The minimum Gasteiger partial charge on any atom is -0.356 e. The molecule has 0 spiro atoms. The van der Waals surface area contributed by atoms with Gasteiger partial charge in [-0.25, -0.2) is 4.98 Å². The quantitative estimate of drug-likeness (QED) is 0.626. The molecule has 1 aromatic carbocycles. The Bertz CT molecular complexity index is 722. The number of benzene rings is 1. The van der Waals surface area contributed by atoms with Crippen molar-refractivity contribution in [2.24, 2.45) is 4.99 Å². The summed E-state index contributed by atoms with van der Waals surface area (Å²) in [6.45, 7) is 6.68. The van der Waals surface area contributed by atoms with E-state index in [9.17, 15) is 0 Å². The molecule has 0 aliphatic carbocycles. The van der Waals surface area contributed by atoms with Crippen LogP contribution in [0.25, 0.3) is 0 Å². The molecule has 2 heterocycles. The van der Waals surface area contributed by atoms with Gasteiger partial charge >= 0.3 is 0 Å². The summed E-state index contributed by atoms with van der Waals surface area (Å²) in [5.74, 6) is 1.90. The molecular formula is C18H25ClN6S. The van der Waals surface area contributed by atoms with Gasteiger partial charge in [0.15, 0.2) is 5.96 Å². The molecule has 1 saturated heterocycles. The molecule has 0 atom stereocenters. The zero-order chi connectivity index (χ0) is 18.4. The number of anilines is 1. The lowest BCUT2D eigenvalue weighted by molar-refractivity contribution is 0.372. The lowest BCUT2D eigenvalue weighted by Gasteiger charge is -2.36. The number of aromatic nitrogens is 2. The number of rotatable bonds is 5. The summed E-state index contributed by atoms with van der Waals surface area (Å²) in [7, 11) is 1.84. The van der Waals surface area contributed by atoms with Gasteiger partial charge in [-0.15, -0.1) is 0 Å². The maximum Gasteiger partial charge on any atom is 0.205 e. The average Bonchev–Trinajstić information content (AvgIpc) is 3.16. The normalized spacial score (nSPS) is 15.4. The van der Waals surface area contributed by atoms with Gasteiger partial charge < -0.3 is 15.1 Å². The largest absolute Gasteiger partial charge is 0.356 e. The van der Waals surface area contributed by atoms with Crippen LogP contribution in [0, 0.1) is 0 Å². The van der Waals surface area contributed by atoms with E-state index in [2.05, 4.69) is 48.5 Å². The van der Waals surface area contributed by atoms with Crippen molar-refractivity contribution >= 4 is 34.2 Å². The van der Waals surface area contributed by atoms with Gasteiger partial charge in [-0.05, 0) is 24.1 Å². The Morgan fingerprint density at radius 2 is 1.96 bits per heavy atom. The van der Waals surface area contributed by atoms with Crippen LogP contribution < -0.4 is 10.2 Å². The minimum absolute atomic E-state index is 0.775. The second kappa shape index (κ2) is 9.19. The number of aliphatic imine (C=N–C) groups is 1. The summed E-state index contributed by atoms with van der Waals surface area (Å²) in [6.07, 6.45) is 1.83. The molecule has 140 valence electrons. The van der Waals surface area contributed by atoms with Crippen LogP contribution in [-0.2, 0) is 12.8 Å². The number of piperazine rings is 1. The molecule has 0 saturated carbocycles. The van der Waals surface area contributed by atoms with Crippen LogP contribution in [-0.4, -0.2) is 60.0 Å². The first-order valence-electron chi connectivity index (χ1n) is 8.97. The molecule has 0 bridgehead atoms. The van der Waals surface area contributed by atoms with E-state index in [0.29, 0.717) is 0 Å². The summed E-state index contributed by atoms with van der Waals surface area (Å²) < 4.78 is 4.39. The fraction of sp³-hybridized carbons (Fsp3) is 0.500. The molecule has 8 heteroatoms. The predicted molar refractivity (Wildman–Crippen MR) is 110 cm³/mol. The fourth-order valence-corrected chi connectivity index (χ4v) is 3.86. The molecule has 0 unspecified atom stereocenters. The molecule has 1 fully saturated rings. The number of hydrogen-bond donors (Lipinski definition) is 1. The molecule has 26 heavy (non-hydrogen) atoms. The standard InChI is InChI=1S/C18H25ClN6S/c1-3-16-22-18(26-23-16)25-12-10-24(11-13-25)17(20-2)21-9-8-14-4-6-15(19)7-5-14/h4-7H,3,8-13H2,1-2H3,(H,20,21). The Morgan fingerprint density at radius 3 is 2.58 bits per heavy atom. The molecule has 1 aliphatic rings. The molecule has 1 aliphatic heterocycles. The van der Waals surface area contributed by atoms with Crippen LogP contribution in [0.5, 0.6) is 0 Å². The highest BCUT2D eigenvalue weighted by atomic mass is 35.5. The Balaban J connectivity index is 1.46. The monoisotopic (exact) mass is 392 g/mol. The lowest BCUT2D eigenvalue weighted by Crippen LogP contribution is -2.52. The third-order valence-corrected chi connectivity index (χ3v) is 5.51. The number of guanidine groups is 1. The Morgan fingerprint density at radius 1 is 1.23 bits per heavy atom. The summed E-state index contributed by atoms with van der Waals surface area (Å²) >= 11 is 7.43. The molecular weight excluding hydrogens is 368 g/mol. The Kier molecular flexibility index (Phi) is 6.68. The third kappa shape index (κ3) is 4.86. The van der Waals surface area contributed by atoms with E-state index >= 15 is 0 Å². The van der Waals surface area contributed by atoms with Gasteiger partial charge in [0.25, 0.3) is 0 Å². The van der Waals surface area contributed by atoms with Crippen molar-refractivity contribution in [1.29, 1.82) is 0 Å². The first-order valence-corrected chi connectivity index (χ1v) is 10.1. The number of halogens is 1. The molecule has 6 nitrogen and oxygen atoms in total.